The standard InChI is InChI=1S/C13H25N3O2/c1-8(2)10(11(14)16-18)12(17)15-7-13(5-6-13)9(3)4/h8-10,18H,5-7H2,1-4H3,(H2,14,16)(H,15,17). The van der Waals surface area contributed by atoms with Gasteiger partial charge in [-0.05, 0) is 30.1 Å². The number of amidine groups is 1. The lowest BCUT2D eigenvalue weighted by Crippen LogP contribution is -2.44. The number of amides is 1. The number of nitrogens with one attached hydrogen (secondary N) is 1. The van der Waals surface area contributed by atoms with Gasteiger partial charge in [-0.25, -0.2) is 0 Å². The van der Waals surface area contributed by atoms with Crippen LogP contribution in [0, 0.1) is 23.2 Å². The molecule has 0 bridgehead atoms. The maximum absolute atomic E-state index is 12.1. The molecule has 0 saturated heterocycles. The largest absolute Gasteiger partial charge is 0.409 e. The molecular formula is C13H25N3O2. The number of oxime groups is 1. The first-order valence-corrected chi connectivity index (χ1v) is 6.59. The highest BCUT2D eigenvalue weighted by molar-refractivity contribution is 6.02. The first-order chi connectivity index (χ1) is 8.34. The van der Waals surface area contributed by atoms with Gasteiger partial charge in [0.1, 0.15) is 5.92 Å². The van der Waals surface area contributed by atoms with E-state index in [0.29, 0.717) is 12.5 Å². The highest BCUT2D eigenvalue weighted by Gasteiger charge is 2.45. The van der Waals surface area contributed by atoms with Crippen molar-refractivity contribution in [1.29, 1.82) is 0 Å². The summed E-state index contributed by atoms with van der Waals surface area (Å²) in [4.78, 5) is 12.1. The van der Waals surface area contributed by atoms with Gasteiger partial charge >= 0.3 is 0 Å². The van der Waals surface area contributed by atoms with Gasteiger partial charge in [0.2, 0.25) is 5.91 Å². The summed E-state index contributed by atoms with van der Waals surface area (Å²) in [5.41, 5.74) is 5.84. The Morgan fingerprint density at radius 3 is 2.28 bits per heavy atom. The Labute approximate surface area is 109 Å². The highest BCUT2D eigenvalue weighted by Crippen LogP contribution is 2.51. The highest BCUT2D eigenvalue weighted by atomic mass is 16.4. The lowest BCUT2D eigenvalue weighted by Gasteiger charge is -2.23. The first kappa shape index (κ1) is 14.8. The molecule has 0 aromatic heterocycles. The minimum absolute atomic E-state index is 0.00935. The van der Waals surface area contributed by atoms with Crippen LogP contribution in [0.25, 0.3) is 0 Å². The van der Waals surface area contributed by atoms with Crippen molar-refractivity contribution in [3.8, 4) is 0 Å². The Morgan fingerprint density at radius 1 is 1.39 bits per heavy atom. The molecule has 0 spiro atoms. The molecule has 5 heteroatoms. The Hall–Kier alpha value is -1.26. The molecule has 1 rings (SSSR count). The van der Waals surface area contributed by atoms with Gasteiger partial charge in [-0.1, -0.05) is 32.9 Å². The quantitative estimate of drug-likeness (QED) is 0.291. The third kappa shape index (κ3) is 3.15. The van der Waals surface area contributed by atoms with E-state index in [4.69, 9.17) is 10.9 Å². The predicted molar refractivity (Wildman–Crippen MR) is 71.3 cm³/mol. The summed E-state index contributed by atoms with van der Waals surface area (Å²) in [5, 5.41) is 14.6. The van der Waals surface area contributed by atoms with Gasteiger partial charge in [0.25, 0.3) is 0 Å². The van der Waals surface area contributed by atoms with Gasteiger partial charge in [-0.15, -0.1) is 0 Å². The molecule has 0 aromatic rings. The van der Waals surface area contributed by atoms with E-state index in [1.807, 2.05) is 13.8 Å². The Kier molecular flexibility index (Phi) is 4.59. The van der Waals surface area contributed by atoms with Crippen molar-refractivity contribution in [3.05, 3.63) is 0 Å². The summed E-state index contributed by atoms with van der Waals surface area (Å²) in [6.07, 6.45) is 2.34. The van der Waals surface area contributed by atoms with Crippen molar-refractivity contribution < 1.29 is 10.0 Å². The molecule has 0 radical (unpaired) electrons. The van der Waals surface area contributed by atoms with Crippen LogP contribution in [0.2, 0.25) is 0 Å². The molecule has 5 nitrogen and oxygen atoms in total. The fraction of sp³-hybridized carbons (Fsp3) is 0.846. The van der Waals surface area contributed by atoms with Gasteiger partial charge in [0, 0.05) is 6.54 Å². The molecule has 4 N–H and O–H groups in total. The van der Waals surface area contributed by atoms with Gasteiger partial charge in [0.15, 0.2) is 5.84 Å². The van der Waals surface area contributed by atoms with E-state index < -0.39 is 5.92 Å². The van der Waals surface area contributed by atoms with E-state index >= 15 is 0 Å². The van der Waals surface area contributed by atoms with Gasteiger partial charge in [-0.2, -0.15) is 0 Å². The van der Waals surface area contributed by atoms with E-state index in [1.54, 1.807) is 0 Å². The average molecular weight is 255 g/mol. The number of carbonyl (C=O) groups excluding carboxylic acids is 1. The maximum Gasteiger partial charge on any atom is 0.231 e. The van der Waals surface area contributed by atoms with Crippen molar-refractivity contribution in [3.63, 3.8) is 0 Å². The Bertz CT molecular complexity index is 333. The second-order valence-corrected chi connectivity index (χ2v) is 5.98. The minimum Gasteiger partial charge on any atom is -0.409 e. The van der Waals surface area contributed by atoms with Crippen molar-refractivity contribution in [2.75, 3.05) is 6.54 Å². The van der Waals surface area contributed by atoms with E-state index in [2.05, 4.69) is 24.3 Å². The van der Waals surface area contributed by atoms with Crippen LogP contribution in [0.3, 0.4) is 0 Å². The van der Waals surface area contributed by atoms with Crippen molar-refractivity contribution >= 4 is 11.7 Å². The molecule has 0 aliphatic heterocycles. The molecule has 1 amide bonds. The van der Waals surface area contributed by atoms with Crippen molar-refractivity contribution in [2.24, 2.45) is 34.1 Å². The number of carbonyl (C=O) groups is 1. The molecule has 0 heterocycles. The maximum atomic E-state index is 12.1. The van der Waals surface area contributed by atoms with Crippen molar-refractivity contribution in [2.45, 2.75) is 40.5 Å². The zero-order valence-electron chi connectivity index (χ0n) is 11.7. The lowest BCUT2D eigenvalue weighted by molar-refractivity contribution is -0.124. The first-order valence-electron chi connectivity index (χ1n) is 6.59. The van der Waals surface area contributed by atoms with Gasteiger partial charge in [0.05, 0.1) is 0 Å². The van der Waals surface area contributed by atoms with Crippen LogP contribution in [0.15, 0.2) is 5.16 Å². The van der Waals surface area contributed by atoms with E-state index in [0.717, 1.165) is 0 Å². The summed E-state index contributed by atoms with van der Waals surface area (Å²) in [6.45, 7) is 8.83. The van der Waals surface area contributed by atoms with E-state index in [-0.39, 0.29) is 23.1 Å². The zero-order valence-corrected chi connectivity index (χ0v) is 11.7. The zero-order chi connectivity index (χ0) is 13.9. The number of rotatable bonds is 6. The van der Waals surface area contributed by atoms with E-state index in [1.165, 1.54) is 12.8 Å². The smallest absolute Gasteiger partial charge is 0.231 e. The van der Waals surface area contributed by atoms with Crippen LogP contribution in [0.4, 0.5) is 0 Å². The molecule has 18 heavy (non-hydrogen) atoms. The van der Waals surface area contributed by atoms with Crippen LogP contribution in [0.5, 0.6) is 0 Å². The summed E-state index contributed by atoms with van der Waals surface area (Å²) in [6, 6.07) is 0. The van der Waals surface area contributed by atoms with Crippen molar-refractivity contribution in [1.82, 2.24) is 5.32 Å². The summed E-state index contributed by atoms with van der Waals surface area (Å²) >= 11 is 0. The summed E-state index contributed by atoms with van der Waals surface area (Å²) in [7, 11) is 0. The number of nitrogens with zero attached hydrogens (tertiary/aromatic N) is 1. The number of nitrogens with two attached hydrogens (primary N) is 1. The Morgan fingerprint density at radius 2 is 1.94 bits per heavy atom. The molecule has 0 aromatic carbocycles. The molecule has 104 valence electrons. The van der Waals surface area contributed by atoms with Crippen LogP contribution < -0.4 is 11.1 Å². The topological polar surface area (TPSA) is 87.7 Å². The lowest BCUT2D eigenvalue weighted by atomic mass is 9.90. The summed E-state index contributed by atoms with van der Waals surface area (Å²) < 4.78 is 0. The van der Waals surface area contributed by atoms with Crippen LogP contribution in [-0.4, -0.2) is 23.5 Å². The fourth-order valence-electron chi connectivity index (χ4n) is 2.33. The minimum atomic E-state index is -0.557. The van der Waals surface area contributed by atoms with E-state index in [9.17, 15) is 4.79 Å². The monoisotopic (exact) mass is 255 g/mol. The molecule has 1 unspecified atom stereocenters. The SMILES string of the molecule is CC(C)C(C(=O)NCC1(C(C)C)CC1)C(N)=NO. The third-order valence-electron chi connectivity index (χ3n) is 4.11. The van der Waals surface area contributed by atoms with Crippen LogP contribution in [-0.2, 0) is 4.79 Å². The van der Waals surface area contributed by atoms with Gasteiger partial charge in [-0.3, -0.25) is 4.79 Å². The molecule has 1 atom stereocenters. The summed E-state index contributed by atoms with van der Waals surface area (Å²) in [5.74, 6) is -0.142. The third-order valence-corrected chi connectivity index (χ3v) is 4.11. The van der Waals surface area contributed by atoms with Crippen LogP contribution in [0.1, 0.15) is 40.5 Å². The van der Waals surface area contributed by atoms with Gasteiger partial charge < -0.3 is 16.3 Å². The Balaban J connectivity index is 2.58. The normalized spacial score (nSPS) is 20.0. The second kappa shape index (κ2) is 5.59. The predicted octanol–water partition coefficient (Wildman–Crippen LogP) is 1.56. The average Bonchev–Trinajstić information content (AvgIpc) is 3.06. The number of hydrogen-bond acceptors (Lipinski definition) is 3. The molecule has 1 fully saturated rings. The number of hydrogen-bond donors (Lipinski definition) is 3. The molecular weight excluding hydrogens is 230 g/mol. The molecule has 1 saturated carbocycles. The van der Waals surface area contributed by atoms with Crippen LogP contribution >= 0.6 is 0 Å². The molecule has 1 aliphatic carbocycles. The second-order valence-electron chi connectivity index (χ2n) is 5.98. The fourth-order valence-corrected chi connectivity index (χ4v) is 2.33. The molecule has 1 aliphatic rings.